The van der Waals surface area contributed by atoms with Gasteiger partial charge in [-0.15, -0.1) is 10.2 Å². The van der Waals surface area contributed by atoms with Gasteiger partial charge in [0, 0.05) is 37.6 Å². The minimum absolute atomic E-state index is 0.383. The van der Waals surface area contributed by atoms with Crippen molar-refractivity contribution in [2.24, 2.45) is 7.05 Å². The molecule has 2 aromatic heterocycles. The lowest BCUT2D eigenvalue weighted by molar-refractivity contribution is 0.129. The molecule has 2 saturated heterocycles. The van der Waals surface area contributed by atoms with Gasteiger partial charge >= 0.3 is 0 Å². The van der Waals surface area contributed by atoms with Crippen molar-refractivity contribution in [3.05, 3.63) is 35.4 Å². The Labute approximate surface area is 165 Å². The van der Waals surface area contributed by atoms with Crippen LogP contribution in [0, 0.1) is 6.92 Å². The summed E-state index contributed by atoms with van der Waals surface area (Å²) in [5.41, 5.74) is 2.26. The zero-order valence-corrected chi connectivity index (χ0v) is 17.1. The maximum atomic E-state index is 5.72. The maximum absolute atomic E-state index is 5.72. The van der Waals surface area contributed by atoms with E-state index in [-0.39, 0.29) is 0 Å². The fourth-order valence-corrected chi connectivity index (χ4v) is 5.00. The Kier molecular flexibility index (Phi) is 6.10. The monoisotopic (exact) mass is 387 g/mol. The van der Waals surface area contributed by atoms with Gasteiger partial charge in [-0.05, 0) is 57.8 Å². The molecule has 2 fully saturated rings. The van der Waals surface area contributed by atoms with E-state index in [9.17, 15) is 0 Å². The number of aryl methyl sites for hydroxylation is 1. The van der Waals surface area contributed by atoms with Gasteiger partial charge in [0.25, 0.3) is 0 Å². The largest absolute Gasteiger partial charge is 0.377 e. The quantitative estimate of drug-likeness (QED) is 0.710. The van der Waals surface area contributed by atoms with Crippen LogP contribution in [-0.2, 0) is 18.3 Å². The minimum atomic E-state index is 0.383. The highest BCUT2D eigenvalue weighted by Gasteiger charge is 2.26. The van der Waals surface area contributed by atoms with Crippen LogP contribution in [-0.4, -0.2) is 56.2 Å². The van der Waals surface area contributed by atoms with Crippen LogP contribution in [0.3, 0.4) is 0 Å². The number of ether oxygens (including phenoxy) is 1. The molecule has 0 aromatic carbocycles. The van der Waals surface area contributed by atoms with Gasteiger partial charge in [0.2, 0.25) is 0 Å². The van der Waals surface area contributed by atoms with Crippen molar-refractivity contribution in [1.82, 2.24) is 24.6 Å². The third kappa shape index (κ3) is 4.70. The van der Waals surface area contributed by atoms with Crippen LogP contribution >= 0.6 is 11.8 Å². The molecular formula is C20H29N5OS. The number of hydrogen-bond donors (Lipinski definition) is 0. The molecule has 0 saturated carbocycles. The van der Waals surface area contributed by atoms with Gasteiger partial charge in [-0.3, -0.25) is 9.88 Å². The summed E-state index contributed by atoms with van der Waals surface area (Å²) in [5.74, 6) is 2.62. The second kappa shape index (κ2) is 8.71. The Bertz CT molecular complexity index is 751. The van der Waals surface area contributed by atoms with E-state index in [1.807, 2.05) is 0 Å². The molecule has 0 radical (unpaired) electrons. The zero-order chi connectivity index (χ0) is 18.6. The summed E-state index contributed by atoms with van der Waals surface area (Å²) in [7, 11) is 2.11. The fourth-order valence-electron chi connectivity index (χ4n) is 4.02. The van der Waals surface area contributed by atoms with Crippen LogP contribution in [0.15, 0.2) is 23.4 Å². The number of rotatable bonds is 6. The third-order valence-electron chi connectivity index (χ3n) is 5.58. The van der Waals surface area contributed by atoms with Crippen LogP contribution in [0.2, 0.25) is 0 Å². The van der Waals surface area contributed by atoms with Crippen molar-refractivity contribution in [1.29, 1.82) is 0 Å². The Balaban J connectivity index is 1.30. The van der Waals surface area contributed by atoms with Crippen molar-refractivity contribution in [3.8, 4) is 0 Å². The topological polar surface area (TPSA) is 56.1 Å². The molecule has 0 aliphatic carbocycles. The molecule has 2 aliphatic heterocycles. The molecule has 0 bridgehead atoms. The van der Waals surface area contributed by atoms with Gasteiger partial charge in [-0.1, -0.05) is 17.8 Å². The minimum Gasteiger partial charge on any atom is -0.377 e. The Hall–Kier alpha value is -1.44. The van der Waals surface area contributed by atoms with Gasteiger partial charge in [0.1, 0.15) is 5.82 Å². The average molecular weight is 388 g/mol. The molecule has 0 amide bonds. The fraction of sp³-hybridized carbons (Fsp3) is 0.650. The van der Waals surface area contributed by atoms with E-state index in [0.29, 0.717) is 12.0 Å². The summed E-state index contributed by atoms with van der Waals surface area (Å²) in [6.45, 7) is 6.08. The predicted molar refractivity (Wildman–Crippen MR) is 107 cm³/mol. The standard InChI is InChI=1S/C20H29N5OS/c1-15-5-3-6-17(21-15)13-25-10-8-16(9-11-25)19-22-23-20(24(19)2)27-14-18-7-4-12-26-18/h3,5-6,16,18H,4,7-14H2,1-2H3/t18-/m1/s1. The molecule has 4 rings (SSSR count). The van der Waals surface area contributed by atoms with E-state index in [1.54, 1.807) is 11.8 Å². The lowest BCUT2D eigenvalue weighted by Crippen LogP contribution is -2.33. The Morgan fingerprint density at radius 1 is 1.19 bits per heavy atom. The number of piperidine rings is 1. The molecule has 146 valence electrons. The molecule has 4 heterocycles. The molecule has 2 aliphatic rings. The van der Waals surface area contributed by atoms with E-state index in [2.05, 4.69) is 56.8 Å². The van der Waals surface area contributed by atoms with E-state index in [4.69, 9.17) is 4.74 Å². The molecule has 6 nitrogen and oxygen atoms in total. The zero-order valence-electron chi connectivity index (χ0n) is 16.3. The molecular weight excluding hydrogens is 358 g/mol. The smallest absolute Gasteiger partial charge is 0.191 e. The second-order valence-corrected chi connectivity index (χ2v) is 8.65. The number of likely N-dealkylation sites (tertiary alicyclic amines) is 1. The number of hydrogen-bond acceptors (Lipinski definition) is 6. The summed E-state index contributed by atoms with van der Waals surface area (Å²) in [6, 6.07) is 6.28. The van der Waals surface area contributed by atoms with Crippen molar-refractivity contribution < 1.29 is 4.74 Å². The Morgan fingerprint density at radius 3 is 2.78 bits per heavy atom. The lowest BCUT2D eigenvalue weighted by Gasteiger charge is -2.31. The van der Waals surface area contributed by atoms with E-state index >= 15 is 0 Å². The number of nitrogens with zero attached hydrogens (tertiary/aromatic N) is 5. The first-order chi connectivity index (χ1) is 13.2. The molecule has 2 aromatic rings. The van der Waals surface area contributed by atoms with Crippen LogP contribution in [0.5, 0.6) is 0 Å². The molecule has 1 atom stereocenters. The summed E-state index contributed by atoms with van der Waals surface area (Å²) >= 11 is 1.78. The van der Waals surface area contributed by atoms with Crippen LogP contribution in [0.25, 0.3) is 0 Å². The second-order valence-electron chi connectivity index (χ2n) is 7.67. The average Bonchev–Trinajstić information content (AvgIpc) is 3.31. The van der Waals surface area contributed by atoms with Gasteiger partial charge in [-0.25, -0.2) is 0 Å². The van der Waals surface area contributed by atoms with E-state index in [0.717, 1.165) is 61.5 Å². The normalized spacial score (nSPS) is 21.8. The molecule has 0 unspecified atom stereocenters. The van der Waals surface area contributed by atoms with Crippen molar-refractivity contribution in [2.45, 2.75) is 56.3 Å². The SMILES string of the molecule is Cc1cccc(CN2CCC(c3nnc(SC[C@H]4CCCO4)n3C)CC2)n1. The number of pyridine rings is 1. The first-order valence-electron chi connectivity index (χ1n) is 9.97. The molecule has 7 heteroatoms. The van der Waals surface area contributed by atoms with Crippen molar-refractivity contribution in [3.63, 3.8) is 0 Å². The predicted octanol–water partition coefficient (Wildman–Crippen LogP) is 3.17. The highest BCUT2D eigenvalue weighted by atomic mass is 32.2. The summed E-state index contributed by atoms with van der Waals surface area (Å²) in [4.78, 5) is 7.14. The highest BCUT2D eigenvalue weighted by Crippen LogP contribution is 2.30. The van der Waals surface area contributed by atoms with Gasteiger partial charge in [0.05, 0.1) is 11.8 Å². The Morgan fingerprint density at radius 2 is 2.04 bits per heavy atom. The maximum Gasteiger partial charge on any atom is 0.191 e. The lowest BCUT2D eigenvalue weighted by atomic mass is 9.96. The van der Waals surface area contributed by atoms with Crippen molar-refractivity contribution in [2.75, 3.05) is 25.4 Å². The van der Waals surface area contributed by atoms with Gasteiger partial charge < -0.3 is 9.30 Å². The third-order valence-corrected chi connectivity index (χ3v) is 6.73. The first kappa shape index (κ1) is 18.9. The first-order valence-corrected chi connectivity index (χ1v) is 11.0. The summed E-state index contributed by atoms with van der Waals surface area (Å²) in [5, 5.41) is 9.99. The van der Waals surface area contributed by atoms with E-state index < -0.39 is 0 Å². The summed E-state index contributed by atoms with van der Waals surface area (Å²) < 4.78 is 7.91. The molecule has 0 spiro atoms. The number of thioether (sulfide) groups is 1. The van der Waals surface area contributed by atoms with Crippen molar-refractivity contribution >= 4 is 11.8 Å². The summed E-state index contributed by atoms with van der Waals surface area (Å²) in [6.07, 6.45) is 5.01. The number of aromatic nitrogens is 4. The molecule has 0 N–H and O–H groups in total. The van der Waals surface area contributed by atoms with Gasteiger partial charge in [-0.2, -0.15) is 0 Å². The van der Waals surface area contributed by atoms with Crippen LogP contribution in [0.1, 0.15) is 48.8 Å². The highest BCUT2D eigenvalue weighted by molar-refractivity contribution is 7.99. The van der Waals surface area contributed by atoms with Crippen LogP contribution < -0.4 is 0 Å². The molecule has 27 heavy (non-hydrogen) atoms. The van der Waals surface area contributed by atoms with E-state index in [1.165, 1.54) is 18.5 Å². The van der Waals surface area contributed by atoms with Gasteiger partial charge in [0.15, 0.2) is 5.16 Å². The van der Waals surface area contributed by atoms with Crippen LogP contribution in [0.4, 0.5) is 0 Å².